The molecule has 0 aliphatic rings. The van der Waals surface area contributed by atoms with Crippen molar-refractivity contribution in [2.75, 3.05) is 25.6 Å². The van der Waals surface area contributed by atoms with E-state index < -0.39 is 11.7 Å². The van der Waals surface area contributed by atoms with Crippen molar-refractivity contribution in [3.8, 4) is 5.75 Å². The number of carbonyl (C=O) groups excluding carboxylic acids is 1. The van der Waals surface area contributed by atoms with Crippen molar-refractivity contribution in [3.05, 3.63) is 65.7 Å². The molecule has 0 aromatic heterocycles. The average Bonchev–Trinajstić information content (AvgIpc) is 2.56. The highest BCUT2D eigenvalue weighted by Crippen LogP contribution is 2.25. The summed E-state index contributed by atoms with van der Waals surface area (Å²) >= 11 is 0. The van der Waals surface area contributed by atoms with Crippen LogP contribution in [0.4, 0.5) is 14.5 Å². The summed E-state index contributed by atoms with van der Waals surface area (Å²) in [5.41, 5.74) is 0.891. The van der Waals surface area contributed by atoms with Gasteiger partial charge in [-0.1, -0.05) is 12.1 Å². The van der Waals surface area contributed by atoms with E-state index in [0.717, 1.165) is 0 Å². The third-order valence-electron chi connectivity index (χ3n) is 3.04. The van der Waals surface area contributed by atoms with E-state index in [9.17, 15) is 13.6 Å². The highest BCUT2D eigenvalue weighted by Gasteiger charge is 2.08. The molecule has 0 atom stereocenters. The normalized spacial score (nSPS) is 10.8. The SMILES string of the molecule is COCCOc1ccc(F)cc1NC(=O)C=Cc1ccc(F)cc1. The number of nitrogens with one attached hydrogen (secondary N) is 1. The molecule has 4 nitrogen and oxygen atoms in total. The first-order valence-corrected chi connectivity index (χ1v) is 7.24. The van der Waals surface area contributed by atoms with E-state index in [1.54, 1.807) is 12.1 Å². The van der Waals surface area contributed by atoms with Gasteiger partial charge in [-0.2, -0.15) is 0 Å². The Morgan fingerprint density at radius 1 is 1.08 bits per heavy atom. The minimum absolute atomic E-state index is 0.222. The maximum absolute atomic E-state index is 13.4. The third kappa shape index (κ3) is 5.48. The summed E-state index contributed by atoms with van der Waals surface area (Å²) in [5.74, 6) is -0.959. The van der Waals surface area contributed by atoms with E-state index in [0.29, 0.717) is 17.9 Å². The van der Waals surface area contributed by atoms with Gasteiger partial charge in [0.05, 0.1) is 12.3 Å². The molecule has 0 fully saturated rings. The minimum atomic E-state index is -0.494. The molecule has 2 aromatic rings. The number of amides is 1. The van der Waals surface area contributed by atoms with Crippen LogP contribution in [0.15, 0.2) is 48.5 Å². The molecule has 0 unspecified atom stereocenters. The minimum Gasteiger partial charge on any atom is -0.489 e. The van der Waals surface area contributed by atoms with Crippen LogP contribution in [0.3, 0.4) is 0 Å². The lowest BCUT2D eigenvalue weighted by Crippen LogP contribution is -2.11. The second-order valence-corrected chi connectivity index (χ2v) is 4.86. The molecule has 1 N–H and O–H groups in total. The van der Waals surface area contributed by atoms with Crippen molar-refractivity contribution in [1.82, 2.24) is 0 Å². The molecule has 0 aliphatic heterocycles. The Balaban J connectivity index is 2.04. The second-order valence-electron chi connectivity index (χ2n) is 4.86. The number of halogens is 2. The Labute approximate surface area is 138 Å². The number of ether oxygens (including phenoxy) is 2. The molecule has 24 heavy (non-hydrogen) atoms. The smallest absolute Gasteiger partial charge is 0.248 e. The number of hydrogen-bond acceptors (Lipinski definition) is 3. The van der Waals surface area contributed by atoms with Gasteiger partial charge in [0, 0.05) is 19.3 Å². The van der Waals surface area contributed by atoms with Crippen molar-refractivity contribution in [3.63, 3.8) is 0 Å². The Bertz CT molecular complexity index is 715. The van der Waals surface area contributed by atoms with Crippen LogP contribution in [0.25, 0.3) is 6.08 Å². The number of anilines is 1. The molecule has 0 spiro atoms. The summed E-state index contributed by atoms with van der Waals surface area (Å²) in [6.07, 6.45) is 2.80. The van der Waals surface area contributed by atoms with Gasteiger partial charge in [0.1, 0.15) is 24.0 Å². The van der Waals surface area contributed by atoms with Crippen LogP contribution in [-0.2, 0) is 9.53 Å². The predicted molar refractivity (Wildman–Crippen MR) is 87.8 cm³/mol. The van der Waals surface area contributed by atoms with Gasteiger partial charge < -0.3 is 14.8 Å². The van der Waals surface area contributed by atoms with Crippen LogP contribution in [0.5, 0.6) is 5.75 Å². The summed E-state index contributed by atoms with van der Waals surface area (Å²) in [5, 5.41) is 2.55. The summed E-state index contributed by atoms with van der Waals surface area (Å²) in [7, 11) is 1.54. The monoisotopic (exact) mass is 333 g/mol. The summed E-state index contributed by atoms with van der Waals surface area (Å²) in [6.45, 7) is 0.644. The molecule has 0 heterocycles. The van der Waals surface area contributed by atoms with Gasteiger partial charge in [-0.05, 0) is 35.9 Å². The van der Waals surface area contributed by atoms with E-state index in [2.05, 4.69) is 5.32 Å². The zero-order valence-electron chi connectivity index (χ0n) is 13.1. The first kappa shape index (κ1) is 17.6. The lowest BCUT2D eigenvalue weighted by Gasteiger charge is -2.11. The second kappa shape index (κ2) is 8.79. The van der Waals surface area contributed by atoms with Crippen LogP contribution >= 0.6 is 0 Å². The van der Waals surface area contributed by atoms with Crippen molar-refractivity contribution in [2.45, 2.75) is 0 Å². The number of benzene rings is 2. The Hall–Kier alpha value is -2.73. The van der Waals surface area contributed by atoms with E-state index in [4.69, 9.17) is 9.47 Å². The number of carbonyl (C=O) groups is 1. The van der Waals surface area contributed by atoms with Crippen LogP contribution in [0.1, 0.15) is 5.56 Å². The Kier molecular flexibility index (Phi) is 6.45. The molecular weight excluding hydrogens is 316 g/mol. The Morgan fingerprint density at radius 3 is 2.50 bits per heavy atom. The molecule has 126 valence electrons. The van der Waals surface area contributed by atoms with Crippen molar-refractivity contribution in [1.29, 1.82) is 0 Å². The number of hydrogen-bond donors (Lipinski definition) is 1. The number of rotatable bonds is 7. The largest absolute Gasteiger partial charge is 0.489 e. The highest BCUT2D eigenvalue weighted by molar-refractivity contribution is 6.02. The lowest BCUT2D eigenvalue weighted by atomic mass is 10.2. The fourth-order valence-corrected chi connectivity index (χ4v) is 1.88. The van der Waals surface area contributed by atoms with Gasteiger partial charge in [0.15, 0.2) is 0 Å². The van der Waals surface area contributed by atoms with Gasteiger partial charge in [-0.25, -0.2) is 8.78 Å². The quantitative estimate of drug-likeness (QED) is 0.622. The first-order chi connectivity index (χ1) is 11.6. The molecule has 0 aliphatic carbocycles. The molecule has 6 heteroatoms. The van der Waals surface area contributed by atoms with Gasteiger partial charge in [0.25, 0.3) is 0 Å². The zero-order valence-corrected chi connectivity index (χ0v) is 13.1. The fourth-order valence-electron chi connectivity index (χ4n) is 1.88. The van der Waals surface area contributed by atoms with Crippen LogP contribution in [-0.4, -0.2) is 26.2 Å². The van der Waals surface area contributed by atoms with Gasteiger partial charge in [-0.3, -0.25) is 4.79 Å². The lowest BCUT2D eigenvalue weighted by molar-refractivity contribution is -0.111. The highest BCUT2D eigenvalue weighted by atomic mass is 19.1. The number of methoxy groups -OCH3 is 1. The fraction of sp³-hybridized carbons (Fsp3) is 0.167. The molecule has 0 bridgehead atoms. The molecular formula is C18H17F2NO3. The van der Waals surface area contributed by atoms with E-state index in [1.165, 1.54) is 49.6 Å². The zero-order chi connectivity index (χ0) is 17.4. The molecule has 2 aromatic carbocycles. The van der Waals surface area contributed by atoms with Gasteiger partial charge >= 0.3 is 0 Å². The maximum atomic E-state index is 13.4. The molecule has 0 saturated heterocycles. The standard InChI is InChI=1S/C18H17F2NO3/c1-23-10-11-24-17-8-7-15(20)12-16(17)21-18(22)9-4-13-2-5-14(19)6-3-13/h2-9,12H,10-11H2,1H3,(H,21,22). The maximum Gasteiger partial charge on any atom is 0.248 e. The van der Waals surface area contributed by atoms with Crippen molar-refractivity contribution in [2.24, 2.45) is 0 Å². The molecule has 0 radical (unpaired) electrons. The topological polar surface area (TPSA) is 47.6 Å². The van der Waals surface area contributed by atoms with Crippen LogP contribution in [0, 0.1) is 11.6 Å². The molecule has 0 saturated carbocycles. The molecule has 1 amide bonds. The van der Waals surface area contributed by atoms with E-state index in [-0.39, 0.29) is 18.1 Å². The van der Waals surface area contributed by atoms with Crippen LogP contribution in [0.2, 0.25) is 0 Å². The van der Waals surface area contributed by atoms with Crippen molar-refractivity contribution >= 4 is 17.7 Å². The third-order valence-corrected chi connectivity index (χ3v) is 3.04. The van der Waals surface area contributed by atoms with Crippen molar-refractivity contribution < 1.29 is 23.0 Å². The van der Waals surface area contributed by atoms with Gasteiger partial charge in [-0.15, -0.1) is 0 Å². The molecule has 2 rings (SSSR count). The van der Waals surface area contributed by atoms with Gasteiger partial charge in [0.2, 0.25) is 5.91 Å². The van der Waals surface area contributed by atoms with E-state index in [1.807, 2.05) is 0 Å². The Morgan fingerprint density at radius 2 is 1.79 bits per heavy atom. The first-order valence-electron chi connectivity index (χ1n) is 7.24. The summed E-state index contributed by atoms with van der Waals surface area (Å²) in [6, 6.07) is 9.53. The predicted octanol–water partition coefficient (Wildman–Crippen LogP) is 3.64. The summed E-state index contributed by atoms with van der Waals surface area (Å²) < 4.78 is 36.5. The van der Waals surface area contributed by atoms with E-state index >= 15 is 0 Å². The average molecular weight is 333 g/mol. The van der Waals surface area contributed by atoms with Crippen LogP contribution < -0.4 is 10.1 Å². The summed E-state index contributed by atoms with van der Waals surface area (Å²) in [4.78, 5) is 12.0.